The largest absolute Gasteiger partial charge is 0.480 e. The quantitative estimate of drug-likeness (QED) is 0.0258. The third kappa shape index (κ3) is 18.1. The van der Waals surface area contributed by atoms with E-state index < -0.39 is 130 Å². The number of fused-ring (bicyclic) bond motifs is 4. The van der Waals surface area contributed by atoms with E-state index in [-0.39, 0.29) is 131 Å². The van der Waals surface area contributed by atoms with Crippen LogP contribution in [0.3, 0.4) is 0 Å². The molecule has 8 aromatic rings. The van der Waals surface area contributed by atoms with E-state index in [0.717, 1.165) is 41.3 Å². The summed E-state index contributed by atoms with van der Waals surface area (Å²) >= 11 is 0. The minimum Gasteiger partial charge on any atom is -0.480 e. The number of hydrogen-bond donors (Lipinski definition) is 8. The van der Waals surface area contributed by atoms with Crippen LogP contribution in [0.1, 0.15) is 192 Å². The molecule has 0 spiro atoms. The Morgan fingerprint density at radius 2 is 0.889 bits per heavy atom. The molecule has 2 aliphatic carbocycles. The van der Waals surface area contributed by atoms with Gasteiger partial charge in [0, 0.05) is 117 Å². The number of aliphatic carboxylic acids is 1. The van der Waals surface area contributed by atoms with Gasteiger partial charge in [0.25, 0.3) is 47.1 Å². The summed E-state index contributed by atoms with van der Waals surface area (Å²) in [5.74, 6) is 4.22. The van der Waals surface area contributed by atoms with Crippen LogP contribution in [0.2, 0.25) is 0 Å². The van der Waals surface area contributed by atoms with Crippen LogP contribution in [0.15, 0.2) is 109 Å². The Labute approximate surface area is 721 Å². The number of carboxylic acid groups (broad SMARTS) is 1. The molecule has 0 bridgehead atoms. The number of rotatable bonds is 16. The lowest BCUT2D eigenvalue weighted by Crippen LogP contribution is -2.74. The molecule has 6 fully saturated rings. The van der Waals surface area contributed by atoms with Crippen molar-refractivity contribution in [2.45, 2.75) is 155 Å². The molecular weight excluding hydrogens is 1670 g/mol. The maximum Gasteiger partial charge on any atom is 0.453 e. The van der Waals surface area contributed by atoms with Crippen LogP contribution in [0.25, 0.3) is 11.3 Å². The van der Waals surface area contributed by atoms with Gasteiger partial charge in [0.15, 0.2) is 11.3 Å². The van der Waals surface area contributed by atoms with E-state index in [1.807, 2.05) is 67.5 Å². The summed E-state index contributed by atoms with van der Waals surface area (Å²) in [4.78, 5) is 153. The Morgan fingerprint density at radius 3 is 1.27 bits per heavy atom. The minimum absolute atomic E-state index is 0. The van der Waals surface area contributed by atoms with E-state index in [9.17, 15) is 83.9 Å². The highest BCUT2D eigenvalue weighted by Crippen LogP contribution is 2.57. The van der Waals surface area contributed by atoms with Gasteiger partial charge in [-0.2, -0.15) is 35.4 Å². The predicted molar refractivity (Wildman–Crippen MR) is 438 cm³/mol. The lowest BCUT2D eigenvalue weighted by atomic mass is 9.49. The van der Waals surface area contributed by atoms with Gasteiger partial charge in [-0.3, -0.25) is 78.0 Å². The van der Waals surface area contributed by atoms with Gasteiger partial charge < -0.3 is 46.1 Å². The molecule has 660 valence electrons. The standard InChI is InChI=1S/C43H42F3N9O7.C28H31F3N6O2.C15H13N3O6.ClH/c1-41(2)38(42(3,4)39(41)62-31-17-15-29-50-51-40(43(44,45)46)55(29)52-31)49-34(58)25-12-10-23(11-13-25)8-9-24-18-20-53(21-19-24)32(57)22-47-27-7-5-6-26-33(27)37(61)54(36(26)60)28-14-16-30(56)48-35(28)59;1-26(2)23(33-22(38)19-9-7-17(8-10-19)5-6-18-13-15-32-16-14-18)27(3,4)24(26)39-21-12-11-20-34-35-25(28(29,30)31)37(20)36-21;19-10-5-4-9(13(22)17-10)18-14(23)7-2-1-3-8(12(7)15(18)24)16-6-11(20)21;/h5-7,10-13,15,17,24,28,38-39,47H,14,16,18-22H2,1-4H3,(H,49,58)(H,48,56,59);7-12,18,23-24,32H,13-16H2,1-4H3,(H,33,38);1-3,9,16H,4-6H2,(H,20,21)(H,17,19,22);1H. The van der Waals surface area contributed by atoms with E-state index in [4.69, 9.17) is 14.6 Å². The average Bonchev–Trinajstić information content (AvgIpc) is 1.03. The Hall–Kier alpha value is -13.4. The molecule has 126 heavy (non-hydrogen) atoms. The first-order valence-electron chi connectivity index (χ1n) is 40.3. The van der Waals surface area contributed by atoms with Crippen LogP contribution in [0, 0.1) is 57.2 Å². The number of anilines is 2. The zero-order valence-corrected chi connectivity index (χ0v) is 70.0. The molecule has 33 nitrogen and oxygen atoms in total. The average molecular weight is 1760 g/mol. The van der Waals surface area contributed by atoms with Crippen molar-refractivity contribution in [3.63, 3.8) is 0 Å². The number of carboxylic acids is 1. The second-order valence-electron chi connectivity index (χ2n) is 33.8. The molecule has 6 aliphatic heterocycles. The highest BCUT2D eigenvalue weighted by atomic mass is 35.5. The highest BCUT2D eigenvalue weighted by Gasteiger charge is 2.66. The van der Waals surface area contributed by atoms with E-state index in [1.54, 1.807) is 53.4 Å². The summed E-state index contributed by atoms with van der Waals surface area (Å²) in [6, 6.07) is 26.2. The Morgan fingerprint density at radius 1 is 0.500 bits per heavy atom. The zero-order chi connectivity index (χ0) is 89.7. The van der Waals surface area contributed by atoms with E-state index in [1.165, 1.54) is 48.5 Å². The van der Waals surface area contributed by atoms with Crippen molar-refractivity contribution >= 4 is 106 Å². The fourth-order valence-corrected chi connectivity index (χ4v) is 18.1. The van der Waals surface area contributed by atoms with Crippen LogP contribution in [-0.2, 0) is 41.1 Å². The molecule has 2 atom stereocenters. The van der Waals surface area contributed by atoms with Crippen LogP contribution in [0.4, 0.5) is 37.7 Å². The molecule has 2 saturated carbocycles. The number of carbonyl (C=O) groups excluding carboxylic acids is 11. The Kier molecular flexibility index (Phi) is 25.3. The summed E-state index contributed by atoms with van der Waals surface area (Å²) in [7, 11) is 0. The first-order chi connectivity index (χ1) is 59.1. The lowest BCUT2D eigenvalue weighted by molar-refractivity contribution is -0.166. The Balaban J connectivity index is 0.000000180. The number of likely N-dealkylation sites (tertiary alicyclic amines) is 1. The molecule has 10 heterocycles. The predicted octanol–water partition coefficient (Wildman–Crippen LogP) is 7.97. The topological polar surface area (TPSA) is 424 Å². The number of imide groups is 4. The maximum absolute atomic E-state index is 13.4. The van der Waals surface area contributed by atoms with Gasteiger partial charge in [0.05, 0.1) is 28.8 Å². The molecule has 40 heteroatoms. The minimum atomic E-state index is -4.75. The highest BCUT2D eigenvalue weighted by molar-refractivity contribution is 6.27. The molecular formula is C86H87ClF6N18O15. The number of carbonyl (C=O) groups is 12. The molecule has 11 amide bonds. The second-order valence-corrected chi connectivity index (χ2v) is 33.8. The number of halogens is 7. The monoisotopic (exact) mass is 1760 g/mol. The third-order valence-electron chi connectivity index (χ3n) is 23.8. The van der Waals surface area contributed by atoms with Crippen LogP contribution >= 0.6 is 12.4 Å². The Bertz CT molecular complexity index is 5830. The van der Waals surface area contributed by atoms with Crippen LogP contribution in [-0.4, -0.2) is 206 Å². The summed E-state index contributed by atoms with van der Waals surface area (Å²) in [6.45, 7) is 17.8. The van der Waals surface area contributed by atoms with Crippen molar-refractivity contribution in [3.8, 4) is 35.4 Å². The smallest absolute Gasteiger partial charge is 0.453 e. The molecule has 0 radical (unpaired) electrons. The summed E-state index contributed by atoms with van der Waals surface area (Å²) in [6.07, 6.45) is -6.86. The number of amides is 11. The number of nitrogens with one attached hydrogen (secondary N) is 7. The molecule has 8 N–H and O–H groups in total. The fraction of sp³-hybridized carbons (Fsp3) is 0.419. The van der Waals surface area contributed by atoms with Crippen molar-refractivity contribution in [2.24, 2.45) is 33.5 Å². The van der Waals surface area contributed by atoms with Crippen LogP contribution < -0.4 is 46.7 Å². The SMILES string of the molecule is CC1(C)C(NC(=O)c2ccc(C#CC3CCN(C(=O)CNc4cccc5c4C(=O)N(C4CCC(=O)NC4=O)C5=O)CC3)cc2)C(C)(C)C1Oc1ccc2nnc(C(F)(F)F)n2n1.CC1(C)C(NC(=O)c2ccc(C#CC3CCNCC3)cc2)C(C)(C)C1Oc1ccc2nnc(C(F)(F)F)n2n1.Cl.O=C(O)CNc1cccc2c1C(=O)N(C1CCC(=O)NC1=O)C2=O. The number of aromatic nitrogens is 8. The van der Waals surface area contributed by atoms with Crippen molar-refractivity contribution in [1.29, 1.82) is 0 Å². The normalized spacial score (nSPS) is 21.6. The van der Waals surface area contributed by atoms with E-state index in [0.29, 0.717) is 63.3 Å². The number of hydrogen-bond acceptors (Lipinski definition) is 23. The van der Waals surface area contributed by atoms with Gasteiger partial charge in [-0.15, -0.1) is 43.0 Å². The van der Waals surface area contributed by atoms with Crippen LogP contribution in [0.5, 0.6) is 11.8 Å². The molecule has 8 aliphatic rings. The lowest BCUT2D eigenvalue weighted by Gasteiger charge is -2.62. The maximum atomic E-state index is 13.4. The first kappa shape index (κ1) is 90.3. The van der Waals surface area contributed by atoms with E-state index in [2.05, 4.69) is 91.5 Å². The van der Waals surface area contributed by atoms with Gasteiger partial charge in [0.1, 0.15) is 30.8 Å². The number of ether oxygens (including phenoxy) is 2. The summed E-state index contributed by atoms with van der Waals surface area (Å²) in [5, 5.41) is 49.6. The second kappa shape index (κ2) is 35.3. The molecule has 4 aromatic heterocycles. The van der Waals surface area contributed by atoms with Crippen molar-refractivity contribution < 1.29 is 98.5 Å². The third-order valence-corrected chi connectivity index (χ3v) is 23.8. The van der Waals surface area contributed by atoms with Gasteiger partial charge in [-0.05, 0) is 137 Å². The van der Waals surface area contributed by atoms with Crippen molar-refractivity contribution in [1.82, 2.24) is 80.9 Å². The van der Waals surface area contributed by atoms with Gasteiger partial charge in [-0.25, -0.2) is 0 Å². The number of piperidine rings is 4. The van der Waals surface area contributed by atoms with Gasteiger partial charge in [0.2, 0.25) is 41.3 Å². The van der Waals surface area contributed by atoms with Crippen molar-refractivity contribution in [2.75, 3.05) is 49.9 Å². The number of alkyl halides is 6. The van der Waals surface area contributed by atoms with E-state index >= 15 is 0 Å². The first-order valence-corrected chi connectivity index (χ1v) is 40.3. The molecule has 2 unspecified atom stereocenters. The molecule has 4 aromatic carbocycles. The van der Waals surface area contributed by atoms with Crippen molar-refractivity contribution in [3.05, 3.63) is 165 Å². The number of nitrogens with zero attached hydrogens (tertiary/aromatic N) is 11. The summed E-state index contributed by atoms with van der Waals surface area (Å²) < 4.78 is 93.5. The van der Waals surface area contributed by atoms with Gasteiger partial charge in [-0.1, -0.05) is 91.2 Å². The summed E-state index contributed by atoms with van der Waals surface area (Å²) in [5.41, 5.74) is 0.977. The molecule has 16 rings (SSSR count). The molecule has 4 saturated heterocycles. The zero-order valence-electron chi connectivity index (χ0n) is 69.2. The fourth-order valence-electron chi connectivity index (χ4n) is 18.1. The number of benzene rings is 4. The van der Waals surface area contributed by atoms with Gasteiger partial charge >= 0.3 is 18.3 Å².